The Balaban J connectivity index is 2.16. The number of halogens is 3. The summed E-state index contributed by atoms with van der Waals surface area (Å²) in [6, 6.07) is 5.97. The van der Waals surface area contributed by atoms with Crippen LogP contribution in [0.5, 0.6) is 0 Å². The molecule has 0 fully saturated rings. The first-order chi connectivity index (χ1) is 10.3. The first kappa shape index (κ1) is 17.5. The summed E-state index contributed by atoms with van der Waals surface area (Å²) in [5, 5.41) is 3.16. The second kappa shape index (κ2) is 7.14. The zero-order valence-corrected chi connectivity index (χ0v) is 15.4. The predicted molar refractivity (Wildman–Crippen MR) is 93.9 cm³/mol. The number of amides is 1. The molecule has 0 radical (unpaired) electrons. The van der Waals surface area contributed by atoms with Crippen LogP contribution in [0.15, 0.2) is 39.5 Å². The van der Waals surface area contributed by atoms with Crippen molar-refractivity contribution in [1.82, 2.24) is 4.72 Å². The van der Waals surface area contributed by atoms with Gasteiger partial charge in [0.25, 0.3) is 15.9 Å². The van der Waals surface area contributed by atoms with Crippen molar-refractivity contribution in [1.29, 1.82) is 0 Å². The van der Waals surface area contributed by atoms with Crippen LogP contribution in [0.2, 0.25) is 10.0 Å². The number of sulfonamides is 1. The monoisotopic (exact) mass is 439 g/mol. The van der Waals surface area contributed by atoms with E-state index >= 15 is 0 Å². The van der Waals surface area contributed by atoms with Gasteiger partial charge in [-0.05, 0) is 51.7 Å². The van der Waals surface area contributed by atoms with Crippen molar-refractivity contribution in [3.8, 4) is 0 Å². The van der Waals surface area contributed by atoms with Gasteiger partial charge in [0.2, 0.25) is 0 Å². The van der Waals surface area contributed by atoms with Crippen LogP contribution in [0.4, 0.5) is 0 Å². The van der Waals surface area contributed by atoms with Gasteiger partial charge in [0.1, 0.15) is 0 Å². The molecule has 2 aromatic rings. The number of hydrogen-bond acceptors (Lipinski definition) is 4. The summed E-state index contributed by atoms with van der Waals surface area (Å²) in [6.07, 6.45) is 1.40. The van der Waals surface area contributed by atoms with E-state index in [4.69, 9.17) is 23.2 Å². The van der Waals surface area contributed by atoms with Crippen LogP contribution in [0.25, 0.3) is 6.08 Å². The Hall–Kier alpha value is -0.860. The van der Waals surface area contributed by atoms with Crippen LogP contribution in [-0.2, 0) is 10.0 Å². The standard InChI is InChI=1S/C13H8BrCl2NO3S2/c14-10-3-5-21-12(10)4-6-22(19,20)17-13(18)9-2-1-8(15)7-11(9)16/h1-7H,(H,17,18). The topological polar surface area (TPSA) is 63.2 Å². The van der Waals surface area contributed by atoms with Gasteiger partial charge in [0.15, 0.2) is 0 Å². The van der Waals surface area contributed by atoms with Crippen LogP contribution >= 0.6 is 50.5 Å². The normalized spacial score (nSPS) is 11.8. The molecule has 0 unspecified atom stereocenters. The zero-order chi connectivity index (χ0) is 16.3. The number of carbonyl (C=O) groups excluding carboxylic acids is 1. The molecule has 0 saturated heterocycles. The van der Waals surface area contributed by atoms with E-state index in [9.17, 15) is 13.2 Å². The van der Waals surface area contributed by atoms with Gasteiger partial charge in [-0.15, -0.1) is 11.3 Å². The maximum absolute atomic E-state index is 12.0. The third-order valence-electron chi connectivity index (χ3n) is 2.45. The van der Waals surface area contributed by atoms with E-state index in [2.05, 4.69) is 15.9 Å². The lowest BCUT2D eigenvalue weighted by atomic mass is 10.2. The quantitative estimate of drug-likeness (QED) is 0.758. The molecular weight excluding hydrogens is 433 g/mol. The maximum atomic E-state index is 12.0. The third kappa shape index (κ3) is 4.57. The fourth-order valence-corrected chi connectivity index (χ4v) is 4.20. The van der Waals surface area contributed by atoms with Crippen molar-refractivity contribution in [2.24, 2.45) is 0 Å². The molecule has 1 amide bonds. The van der Waals surface area contributed by atoms with E-state index in [0.29, 0.717) is 5.02 Å². The van der Waals surface area contributed by atoms with Crippen LogP contribution in [0, 0.1) is 0 Å². The molecule has 1 N–H and O–H groups in total. The molecule has 1 heterocycles. The molecule has 0 aliphatic carbocycles. The molecule has 1 aromatic heterocycles. The lowest BCUT2D eigenvalue weighted by molar-refractivity contribution is 0.0982. The minimum atomic E-state index is -3.93. The highest BCUT2D eigenvalue weighted by Crippen LogP contribution is 2.24. The van der Waals surface area contributed by atoms with Gasteiger partial charge in [-0.3, -0.25) is 4.79 Å². The van der Waals surface area contributed by atoms with Gasteiger partial charge >= 0.3 is 0 Å². The van der Waals surface area contributed by atoms with Crippen molar-refractivity contribution in [3.63, 3.8) is 0 Å². The molecule has 0 aliphatic heterocycles. The SMILES string of the molecule is O=C(NS(=O)(=O)C=Cc1sccc1Br)c1ccc(Cl)cc1Cl. The Morgan fingerprint density at radius 3 is 2.59 bits per heavy atom. The second-order valence-electron chi connectivity index (χ2n) is 4.04. The lowest BCUT2D eigenvalue weighted by Crippen LogP contribution is -2.29. The van der Waals surface area contributed by atoms with E-state index in [1.807, 2.05) is 10.1 Å². The summed E-state index contributed by atoms with van der Waals surface area (Å²) < 4.78 is 26.5. The van der Waals surface area contributed by atoms with E-state index in [1.54, 1.807) is 6.07 Å². The van der Waals surface area contributed by atoms with Gasteiger partial charge in [-0.1, -0.05) is 23.2 Å². The van der Waals surface area contributed by atoms with Crippen LogP contribution in [0.1, 0.15) is 15.2 Å². The molecule has 0 spiro atoms. The Morgan fingerprint density at radius 2 is 2.00 bits per heavy atom. The highest BCUT2D eigenvalue weighted by Gasteiger charge is 2.16. The summed E-state index contributed by atoms with van der Waals surface area (Å²) in [4.78, 5) is 12.7. The zero-order valence-electron chi connectivity index (χ0n) is 10.7. The largest absolute Gasteiger partial charge is 0.268 e. The fourth-order valence-electron chi connectivity index (χ4n) is 1.47. The van der Waals surface area contributed by atoms with Gasteiger partial charge in [0.05, 0.1) is 16.0 Å². The Labute approximate surface area is 149 Å². The van der Waals surface area contributed by atoms with Crippen molar-refractivity contribution < 1.29 is 13.2 Å². The average Bonchev–Trinajstić information content (AvgIpc) is 2.81. The smallest absolute Gasteiger partial charge is 0.266 e. The van der Waals surface area contributed by atoms with E-state index in [0.717, 1.165) is 14.8 Å². The van der Waals surface area contributed by atoms with Gasteiger partial charge < -0.3 is 0 Å². The number of rotatable bonds is 4. The number of benzene rings is 1. The molecule has 9 heteroatoms. The molecule has 22 heavy (non-hydrogen) atoms. The molecule has 0 saturated carbocycles. The third-order valence-corrected chi connectivity index (χ3v) is 5.80. The van der Waals surface area contributed by atoms with Gasteiger partial charge in [0, 0.05) is 14.4 Å². The molecule has 4 nitrogen and oxygen atoms in total. The average molecular weight is 441 g/mol. The Kier molecular flexibility index (Phi) is 5.68. The Morgan fingerprint density at radius 1 is 1.27 bits per heavy atom. The first-order valence-corrected chi connectivity index (χ1v) is 9.69. The molecule has 116 valence electrons. The molecule has 2 rings (SSSR count). The first-order valence-electron chi connectivity index (χ1n) is 5.72. The molecule has 1 aromatic carbocycles. The van der Waals surface area contributed by atoms with E-state index in [-0.39, 0.29) is 10.6 Å². The summed E-state index contributed by atoms with van der Waals surface area (Å²) >= 11 is 16.2. The molecule has 0 atom stereocenters. The summed E-state index contributed by atoms with van der Waals surface area (Å²) in [7, 11) is -3.93. The van der Waals surface area contributed by atoms with E-state index < -0.39 is 15.9 Å². The summed E-state index contributed by atoms with van der Waals surface area (Å²) in [5.41, 5.74) is 0.0281. The van der Waals surface area contributed by atoms with Crippen molar-refractivity contribution >= 4 is 72.5 Å². The summed E-state index contributed by atoms with van der Waals surface area (Å²) in [6.45, 7) is 0. The lowest BCUT2D eigenvalue weighted by Gasteiger charge is -2.05. The van der Waals surface area contributed by atoms with Crippen molar-refractivity contribution in [3.05, 3.63) is 60.0 Å². The number of carbonyl (C=O) groups is 1. The minimum Gasteiger partial charge on any atom is -0.268 e. The number of thiophene rings is 1. The fraction of sp³-hybridized carbons (Fsp3) is 0. The number of hydrogen-bond donors (Lipinski definition) is 1. The summed E-state index contributed by atoms with van der Waals surface area (Å²) in [5.74, 6) is -0.823. The molecular formula is C13H8BrCl2NO3S2. The maximum Gasteiger partial charge on any atom is 0.266 e. The van der Waals surface area contributed by atoms with Crippen molar-refractivity contribution in [2.45, 2.75) is 0 Å². The molecule has 0 aliphatic rings. The van der Waals surface area contributed by atoms with E-state index in [1.165, 1.54) is 35.6 Å². The highest BCUT2D eigenvalue weighted by atomic mass is 79.9. The van der Waals surface area contributed by atoms with Crippen LogP contribution in [-0.4, -0.2) is 14.3 Å². The van der Waals surface area contributed by atoms with Crippen molar-refractivity contribution in [2.75, 3.05) is 0 Å². The minimum absolute atomic E-state index is 0.0281. The van der Waals surface area contributed by atoms with Crippen LogP contribution < -0.4 is 4.72 Å². The predicted octanol–water partition coefficient (Wildman–Crippen LogP) is 4.55. The van der Waals surface area contributed by atoms with Gasteiger partial charge in [-0.25, -0.2) is 13.1 Å². The molecule has 0 bridgehead atoms. The highest BCUT2D eigenvalue weighted by molar-refractivity contribution is 9.10. The number of nitrogens with one attached hydrogen (secondary N) is 1. The Bertz CT molecular complexity index is 847. The van der Waals surface area contributed by atoms with Crippen LogP contribution in [0.3, 0.4) is 0 Å². The second-order valence-corrected chi connectivity index (χ2v) is 8.25. The van der Waals surface area contributed by atoms with Gasteiger partial charge in [-0.2, -0.15) is 0 Å².